The molecule has 7 heteroatoms. The van der Waals surface area contributed by atoms with E-state index in [1.54, 1.807) is 6.20 Å². The maximum Gasteiger partial charge on any atom is 0.211 e. The van der Waals surface area contributed by atoms with E-state index in [0.29, 0.717) is 6.04 Å². The van der Waals surface area contributed by atoms with Gasteiger partial charge in [0.1, 0.15) is 5.01 Å². The highest BCUT2D eigenvalue weighted by atomic mass is 32.1. The van der Waals surface area contributed by atoms with Gasteiger partial charge in [0.2, 0.25) is 5.13 Å². The maximum atomic E-state index is 4.56. The molecule has 2 aromatic rings. The molecule has 0 radical (unpaired) electrons. The molecule has 3 heterocycles. The molecule has 0 spiro atoms. The van der Waals surface area contributed by atoms with Crippen LogP contribution in [0.5, 0.6) is 0 Å². The van der Waals surface area contributed by atoms with Gasteiger partial charge in [-0.3, -0.25) is 4.98 Å². The van der Waals surface area contributed by atoms with E-state index in [2.05, 4.69) is 30.8 Å². The second kappa shape index (κ2) is 4.95. The Labute approximate surface area is 109 Å². The van der Waals surface area contributed by atoms with Gasteiger partial charge in [0, 0.05) is 0 Å². The average Bonchev–Trinajstić information content (AvgIpc) is 3.01. The summed E-state index contributed by atoms with van der Waals surface area (Å²) in [5.74, 6) is 0.720. The highest BCUT2D eigenvalue weighted by Gasteiger charge is 2.18. The molecule has 0 bridgehead atoms. The zero-order valence-electron chi connectivity index (χ0n) is 10.1. The number of hydrogen-bond donors (Lipinski definition) is 2. The Morgan fingerprint density at radius 1 is 1.39 bits per heavy atom. The third-order valence-electron chi connectivity index (χ3n) is 2.83. The summed E-state index contributed by atoms with van der Waals surface area (Å²) in [5, 5.41) is 16.2. The molecule has 18 heavy (non-hydrogen) atoms. The fourth-order valence-electron chi connectivity index (χ4n) is 2.00. The van der Waals surface area contributed by atoms with E-state index < -0.39 is 0 Å². The topological polar surface area (TPSA) is 75.6 Å². The van der Waals surface area contributed by atoms with Gasteiger partial charge in [0.25, 0.3) is 0 Å². The van der Waals surface area contributed by atoms with Crippen LogP contribution in [0.25, 0.3) is 0 Å². The third kappa shape index (κ3) is 2.46. The number of aromatic nitrogens is 4. The summed E-state index contributed by atoms with van der Waals surface area (Å²) >= 11 is 1.50. The predicted octanol–water partition coefficient (Wildman–Crippen LogP) is 1.80. The van der Waals surface area contributed by atoms with Crippen molar-refractivity contribution in [2.45, 2.75) is 25.8 Å². The fraction of sp³-hybridized carbons (Fsp3) is 0.455. The lowest BCUT2D eigenvalue weighted by molar-refractivity contribution is 0.625. The molecule has 1 saturated heterocycles. The highest BCUT2D eigenvalue weighted by Crippen LogP contribution is 2.23. The Morgan fingerprint density at radius 3 is 3.06 bits per heavy atom. The smallest absolute Gasteiger partial charge is 0.211 e. The van der Waals surface area contributed by atoms with Gasteiger partial charge in [-0.25, -0.2) is 4.98 Å². The minimum atomic E-state index is 0.329. The first-order valence-corrected chi connectivity index (χ1v) is 6.75. The van der Waals surface area contributed by atoms with Gasteiger partial charge in [0.15, 0.2) is 5.82 Å². The summed E-state index contributed by atoms with van der Waals surface area (Å²) in [5.41, 5.74) is 0.985. The zero-order chi connectivity index (χ0) is 12.4. The molecular formula is C11H14N6S. The SMILES string of the molecule is Cc1nnc(Nc2cncc([C@@H]3CCCN3)n2)s1. The van der Waals surface area contributed by atoms with E-state index >= 15 is 0 Å². The van der Waals surface area contributed by atoms with Crippen LogP contribution in [0.15, 0.2) is 12.4 Å². The van der Waals surface area contributed by atoms with Gasteiger partial charge in [-0.1, -0.05) is 11.3 Å². The molecular weight excluding hydrogens is 248 g/mol. The standard InChI is InChI=1S/C11H14N6S/c1-7-16-17-11(18-7)15-10-6-12-5-9(14-10)8-3-2-4-13-8/h5-6,8,13H,2-4H2,1H3,(H,14,15,17)/t8-/m0/s1. The van der Waals surface area contributed by atoms with Gasteiger partial charge in [-0.05, 0) is 26.3 Å². The van der Waals surface area contributed by atoms with Crippen molar-refractivity contribution in [3.05, 3.63) is 23.1 Å². The van der Waals surface area contributed by atoms with Crippen LogP contribution in [-0.4, -0.2) is 26.7 Å². The Morgan fingerprint density at radius 2 is 2.33 bits per heavy atom. The van der Waals surface area contributed by atoms with E-state index in [1.165, 1.54) is 17.8 Å². The number of nitrogens with one attached hydrogen (secondary N) is 2. The molecule has 0 amide bonds. The molecule has 0 saturated carbocycles. The number of rotatable bonds is 3. The Bertz CT molecular complexity index is 534. The molecule has 0 unspecified atom stereocenters. The summed E-state index contributed by atoms with van der Waals surface area (Å²) in [4.78, 5) is 8.79. The molecule has 1 atom stereocenters. The number of anilines is 2. The largest absolute Gasteiger partial charge is 0.313 e. The molecule has 2 N–H and O–H groups in total. The van der Waals surface area contributed by atoms with Gasteiger partial charge < -0.3 is 10.6 Å². The van der Waals surface area contributed by atoms with Gasteiger partial charge in [-0.15, -0.1) is 10.2 Å². The van der Waals surface area contributed by atoms with E-state index in [-0.39, 0.29) is 0 Å². The lowest BCUT2D eigenvalue weighted by Crippen LogP contribution is -2.15. The molecule has 0 aliphatic carbocycles. The number of aryl methyl sites for hydroxylation is 1. The van der Waals surface area contributed by atoms with Crippen LogP contribution < -0.4 is 10.6 Å². The monoisotopic (exact) mass is 262 g/mol. The van der Waals surface area contributed by atoms with Crippen molar-refractivity contribution in [3.8, 4) is 0 Å². The average molecular weight is 262 g/mol. The summed E-state index contributed by atoms with van der Waals surface area (Å²) < 4.78 is 0. The van der Waals surface area contributed by atoms with Crippen molar-refractivity contribution in [1.29, 1.82) is 0 Å². The molecule has 94 valence electrons. The fourth-order valence-corrected chi connectivity index (χ4v) is 2.60. The van der Waals surface area contributed by atoms with Crippen LogP contribution >= 0.6 is 11.3 Å². The molecule has 1 fully saturated rings. The highest BCUT2D eigenvalue weighted by molar-refractivity contribution is 7.15. The minimum absolute atomic E-state index is 0.329. The van der Waals surface area contributed by atoms with Gasteiger partial charge in [-0.2, -0.15) is 0 Å². The predicted molar refractivity (Wildman–Crippen MR) is 69.9 cm³/mol. The van der Waals surface area contributed by atoms with Gasteiger partial charge in [0.05, 0.1) is 24.1 Å². The summed E-state index contributed by atoms with van der Waals surface area (Å²) in [7, 11) is 0. The molecule has 2 aromatic heterocycles. The summed E-state index contributed by atoms with van der Waals surface area (Å²) in [6, 6.07) is 0.329. The third-order valence-corrected chi connectivity index (χ3v) is 3.59. The second-order valence-electron chi connectivity index (χ2n) is 4.23. The Kier molecular flexibility index (Phi) is 3.16. The minimum Gasteiger partial charge on any atom is -0.313 e. The molecule has 1 aliphatic heterocycles. The van der Waals surface area contributed by atoms with Crippen LogP contribution in [0.2, 0.25) is 0 Å². The van der Waals surface area contributed by atoms with Crippen LogP contribution in [0, 0.1) is 6.92 Å². The van der Waals surface area contributed by atoms with Crippen molar-refractivity contribution in [3.63, 3.8) is 0 Å². The van der Waals surface area contributed by atoms with Crippen molar-refractivity contribution in [2.75, 3.05) is 11.9 Å². The number of hydrogen-bond acceptors (Lipinski definition) is 7. The normalized spacial score (nSPS) is 19.1. The Hall–Kier alpha value is -1.60. The molecule has 3 rings (SSSR count). The lowest BCUT2D eigenvalue weighted by atomic mass is 10.2. The van der Waals surface area contributed by atoms with Gasteiger partial charge >= 0.3 is 0 Å². The van der Waals surface area contributed by atoms with E-state index in [1.807, 2.05) is 13.1 Å². The van der Waals surface area contributed by atoms with Crippen molar-refractivity contribution < 1.29 is 0 Å². The lowest BCUT2D eigenvalue weighted by Gasteiger charge is -2.10. The van der Waals surface area contributed by atoms with Crippen molar-refractivity contribution in [1.82, 2.24) is 25.5 Å². The van der Waals surface area contributed by atoms with Crippen LogP contribution in [0.1, 0.15) is 29.6 Å². The van der Waals surface area contributed by atoms with E-state index in [9.17, 15) is 0 Å². The van der Waals surface area contributed by atoms with Crippen LogP contribution in [0.3, 0.4) is 0 Å². The molecule has 1 aliphatic rings. The Balaban J connectivity index is 1.78. The van der Waals surface area contributed by atoms with Crippen LogP contribution in [-0.2, 0) is 0 Å². The quantitative estimate of drug-likeness (QED) is 0.878. The zero-order valence-corrected chi connectivity index (χ0v) is 10.9. The summed E-state index contributed by atoms with van der Waals surface area (Å²) in [6.07, 6.45) is 5.84. The second-order valence-corrected chi connectivity index (χ2v) is 5.41. The first-order chi connectivity index (χ1) is 8.81. The first-order valence-electron chi connectivity index (χ1n) is 5.94. The van der Waals surface area contributed by atoms with E-state index in [4.69, 9.17) is 0 Å². The maximum absolute atomic E-state index is 4.56. The van der Waals surface area contributed by atoms with Crippen LogP contribution in [0.4, 0.5) is 10.9 Å². The number of nitrogens with zero attached hydrogens (tertiary/aromatic N) is 4. The summed E-state index contributed by atoms with van der Waals surface area (Å²) in [6.45, 7) is 2.98. The van der Waals surface area contributed by atoms with E-state index in [0.717, 1.165) is 34.6 Å². The molecule has 6 nitrogen and oxygen atoms in total. The van der Waals surface area contributed by atoms with Crippen molar-refractivity contribution >= 4 is 22.3 Å². The van der Waals surface area contributed by atoms with Crippen molar-refractivity contribution in [2.24, 2.45) is 0 Å². The molecule has 0 aromatic carbocycles. The first kappa shape index (κ1) is 11.5.